The Bertz CT molecular complexity index is 964. The molecule has 3 atom stereocenters. The average Bonchev–Trinajstić information content (AvgIpc) is 2.71. The van der Waals surface area contributed by atoms with Gasteiger partial charge in [-0.1, -0.05) is 0 Å². The minimum atomic E-state index is -1.19. The first-order chi connectivity index (χ1) is 14.1. The first-order valence-electron chi connectivity index (χ1n) is 10.2. The molecule has 0 aliphatic carbocycles. The molecule has 0 radical (unpaired) electrons. The minimum Gasteiger partial charge on any atom is -0.530 e. The van der Waals surface area contributed by atoms with Gasteiger partial charge in [-0.15, -0.1) is 12.4 Å². The van der Waals surface area contributed by atoms with Crippen molar-refractivity contribution in [2.75, 3.05) is 32.6 Å². The summed E-state index contributed by atoms with van der Waals surface area (Å²) >= 11 is 0. The first-order valence-corrected chi connectivity index (χ1v) is 10.2. The van der Waals surface area contributed by atoms with Crippen LogP contribution in [0.2, 0.25) is 0 Å². The Morgan fingerprint density at radius 1 is 1.19 bits per heavy atom. The van der Waals surface area contributed by atoms with Crippen molar-refractivity contribution in [3.8, 4) is 11.1 Å². The number of rotatable bonds is 4. The third-order valence-corrected chi connectivity index (χ3v) is 6.48. The number of hydrogen-bond acceptors (Lipinski definition) is 5. The van der Waals surface area contributed by atoms with E-state index < -0.39 is 6.09 Å². The maximum absolute atomic E-state index is 12.6. The van der Waals surface area contributed by atoms with Gasteiger partial charge in [0.25, 0.3) is 0 Å². The van der Waals surface area contributed by atoms with E-state index in [0.717, 1.165) is 28.2 Å². The minimum absolute atomic E-state index is 0. The lowest BCUT2D eigenvalue weighted by molar-refractivity contribution is -0.268. The zero-order chi connectivity index (χ0) is 22.2. The molecule has 0 spiro atoms. The molecule has 7 nitrogen and oxygen atoms in total. The predicted octanol–water partition coefficient (Wildman–Crippen LogP) is 3.22. The van der Waals surface area contributed by atoms with Crippen LogP contribution >= 0.6 is 12.4 Å². The molecule has 0 fully saturated rings. The molecule has 3 rings (SSSR count). The summed E-state index contributed by atoms with van der Waals surface area (Å²) in [6.07, 6.45) is 1.17. The molecule has 2 amide bonds. The normalized spacial score (nSPS) is 22.1. The highest BCUT2D eigenvalue weighted by Crippen LogP contribution is 2.45. The van der Waals surface area contributed by atoms with Crippen LogP contribution in [-0.2, 0) is 4.79 Å². The summed E-state index contributed by atoms with van der Waals surface area (Å²) in [4.78, 5) is 32.2. The van der Waals surface area contributed by atoms with Crippen molar-refractivity contribution in [1.29, 1.82) is 0 Å². The number of halogens is 1. The zero-order valence-electron chi connectivity index (χ0n) is 19.0. The maximum atomic E-state index is 12.6. The number of carbonyl (C=O) groups is 2. The third kappa shape index (κ3) is 4.25. The van der Waals surface area contributed by atoms with E-state index in [1.807, 2.05) is 76.4 Å². The molecule has 1 unspecified atom stereocenters. The molecule has 8 heteroatoms. The molecule has 1 aliphatic heterocycles. The summed E-state index contributed by atoms with van der Waals surface area (Å²) in [5, 5.41) is 11.8. The molecule has 31 heavy (non-hydrogen) atoms. The summed E-state index contributed by atoms with van der Waals surface area (Å²) < 4.78 is 0.147. The zero-order valence-corrected chi connectivity index (χ0v) is 19.8. The Hall–Kier alpha value is -2.64. The number of anilines is 1. The second kappa shape index (κ2) is 9.24. The standard InChI is InChI=1S/C23H30N4O3.ClH/c1-7-26(23(29)30)20-12-15(2)27(6,16(3)28)21-10-8-17(13-19(20)21)18-9-11-22(24-14-18)25(4)5;/h8-11,13-15,20H,7,12H2,1-6H3;1H/t15-,20?,27+;/m0./s1. The van der Waals surface area contributed by atoms with Crippen molar-refractivity contribution in [3.63, 3.8) is 0 Å². The molecule has 168 valence electrons. The number of nitrogens with zero attached hydrogens (tertiary/aromatic N) is 4. The van der Waals surface area contributed by atoms with E-state index in [1.54, 1.807) is 6.92 Å². The van der Waals surface area contributed by atoms with Crippen molar-refractivity contribution < 1.29 is 14.7 Å². The maximum Gasteiger partial charge on any atom is 0.315 e. The highest BCUT2D eigenvalue weighted by molar-refractivity contribution is 5.89. The van der Waals surface area contributed by atoms with Gasteiger partial charge in [0.2, 0.25) is 0 Å². The quantitative estimate of drug-likeness (QED) is 0.674. The number of hydrogen-bond donors (Lipinski definition) is 0. The van der Waals surface area contributed by atoms with Gasteiger partial charge in [-0.3, -0.25) is 0 Å². The van der Waals surface area contributed by atoms with Gasteiger partial charge in [0, 0.05) is 50.5 Å². The first kappa shape index (κ1) is 24.6. The summed E-state index contributed by atoms with van der Waals surface area (Å²) in [5.74, 6) is 0.891. The number of amides is 2. The van der Waals surface area contributed by atoms with Gasteiger partial charge in [-0.25, -0.2) is 14.3 Å². The van der Waals surface area contributed by atoms with Crippen LogP contribution in [0.1, 0.15) is 38.8 Å². The van der Waals surface area contributed by atoms with Gasteiger partial charge < -0.3 is 19.7 Å². The fraction of sp³-hybridized carbons (Fsp3) is 0.435. The molecule has 0 bridgehead atoms. The lowest BCUT2D eigenvalue weighted by atomic mass is 9.86. The van der Waals surface area contributed by atoms with Crippen molar-refractivity contribution in [2.45, 2.75) is 39.3 Å². The average molecular weight is 447 g/mol. The number of carboxylic acid groups (broad SMARTS) is 1. The van der Waals surface area contributed by atoms with Crippen molar-refractivity contribution in [1.82, 2.24) is 14.4 Å². The van der Waals surface area contributed by atoms with E-state index >= 15 is 0 Å². The Kier molecular flexibility index (Phi) is 7.34. The van der Waals surface area contributed by atoms with Crippen LogP contribution in [0.5, 0.6) is 0 Å². The van der Waals surface area contributed by atoms with Gasteiger partial charge in [0.1, 0.15) is 17.6 Å². The predicted molar refractivity (Wildman–Crippen MR) is 124 cm³/mol. The fourth-order valence-electron chi connectivity index (χ4n) is 4.40. The smallest absolute Gasteiger partial charge is 0.315 e. The molecule has 2 heterocycles. The SMILES string of the molecule is CCN(C(=O)[O-])C1C[C@H](C)[N@+](C)(C(C)=O)c2ccc(-c3ccc(N(C)C)nc3)cc21.Cl. The van der Waals surface area contributed by atoms with Crippen molar-refractivity contribution >= 4 is 35.9 Å². The molecule has 2 aromatic rings. The summed E-state index contributed by atoms with van der Waals surface area (Å²) in [5.41, 5.74) is 3.57. The van der Waals surface area contributed by atoms with E-state index in [-0.39, 0.29) is 34.9 Å². The molecule has 1 aromatic heterocycles. The molecular formula is C23H31ClN4O3. The Morgan fingerprint density at radius 2 is 1.84 bits per heavy atom. The van der Waals surface area contributed by atoms with Crippen LogP contribution < -0.4 is 14.5 Å². The summed E-state index contributed by atoms with van der Waals surface area (Å²) in [6.45, 7) is 5.72. The summed E-state index contributed by atoms with van der Waals surface area (Å²) in [7, 11) is 5.78. The highest BCUT2D eigenvalue weighted by atomic mass is 35.5. The van der Waals surface area contributed by atoms with Crippen LogP contribution in [0, 0.1) is 0 Å². The van der Waals surface area contributed by atoms with Gasteiger partial charge in [0.05, 0.1) is 26.1 Å². The van der Waals surface area contributed by atoms with Crippen molar-refractivity contribution in [2.24, 2.45) is 0 Å². The largest absolute Gasteiger partial charge is 0.530 e. The Morgan fingerprint density at radius 3 is 2.32 bits per heavy atom. The van der Waals surface area contributed by atoms with Gasteiger partial charge in [-0.05, 0) is 43.7 Å². The van der Waals surface area contributed by atoms with Crippen LogP contribution in [0.25, 0.3) is 11.1 Å². The second-order valence-corrected chi connectivity index (χ2v) is 8.32. The van der Waals surface area contributed by atoms with Crippen molar-refractivity contribution in [3.05, 3.63) is 42.1 Å². The molecule has 0 saturated heterocycles. The summed E-state index contributed by atoms with van der Waals surface area (Å²) in [6, 6.07) is 9.48. The fourth-order valence-corrected chi connectivity index (χ4v) is 4.40. The number of fused-ring (bicyclic) bond motifs is 1. The lowest BCUT2D eigenvalue weighted by Crippen LogP contribution is -2.60. The van der Waals surface area contributed by atoms with E-state index in [4.69, 9.17) is 0 Å². The van der Waals surface area contributed by atoms with E-state index in [9.17, 15) is 14.7 Å². The van der Waals surface area contributed by atoms with Crippen LogP contribution in [0.4, 0.5) is 16.3 Å². The lowest BCUT2D eigenvalue weighted by Gasteiger charge is -2.47. The number of benzene rings is 1. The van der Waals surface area contributed by atoms with E-state index in [0.29, 0.717) is 13.0 Å². The number of aromatic nitrogens is 1. The number of pyridine rings is 1. The molecule has 1 aliphatic rings. The Labute approximate surface area is 190 Å². The monoisotopic (exact) mass is 446 g/mol. The molecule has 0 saturated carbocycles. The topological polar surface area (TPSA) is 76.6 Å². The van der Waals surface area contributed by atoms with Crippen LogP contribution in [-0.4, -0.2) is 55.6 Å². The highest BCUT2D eigenvalue weighted by Gasteiger charge is 2.47. The Balaban J connectivity index is 0.00000341. The van der Waals surface area contributed by atoms with E-state index in [2.05, 4.69) is 4.98 Å². The third-order valence-electron chi connectivity index (χ3n) is 6.48. The van der Waals surface area contributed by atoms with E-state index in [1.165, 1.54) is 4.90 Å². The van der Waals surface area contributed by atoms with Gasteiger partial charge in [0.15, 0.2) is 0 Å². The molecule has 0 N–H and O–H groups in total. The second-order valence-electron chi connectivity index (χ2n) is 8.32. The van der Waals surface area contributed by atoms with Crippen LogP contribution in [0.3, 0.4) is 0 Å². The number of carbonyl (C=O) groups excluding carboxylic acids is 2. The number of quaternary nitrogens is 1. The van der Waals surface area contributed by atoms with Crippen LogP contribution in [0.15, 0.2) is 36.5 Å². The van der Waals surface area contributed by atoms with Gasteiger partial charge >= 0.3 is 5.91 Å². The molecule has 1 aromatic carbocycles. The van der Waals surface area contributed by atoms with Gasteiger partial charge in [-0.2, -0.15) is 0 Å². The molecular weight excluding hydrogens is 416 g/mol.